The largest absolute Gasteiger partial charge is 0.368 e. The van der Waals surface area contributed by atoms with Gasteiger partial charge >= 0.3 is 0 Å². The minimum absolute atomic E-state index is 0.0869. The summed E-state index contributed by atoms with van der Waals surface area (Å²) < 4.78 is 1.53. The van der Waals surface area contributed by atoms with Gasteiger partial charge in [0.05, 0.1) is 12.5 Å². The molecule has 2 amide bonds. The number of tetrazole rings is 1. The fourth-order valence-corrected chi connectivity index (χ4v) is 2.10. The molecular formula is C9H14N6O2. The second-order valence-electron chi connectivity index (χ2n) is 4.02. The van der Waals surface area contributed by atoms with Gasteiger partial charge in [0.1, 0.15) is 12.4 Å². The van der Waals surface area contributed by atoms with Crippen molar-refractivity contribution in [1.29, 1.82) is 0 Å². The van der Waals surface area contributed by atoms with Crippen LogP contribution in [-0.4, -0.2) is 49.5 Å². The van der Waals surface area contributed by atoms with Crippen molar-refractivity contribution in [1.82, 2.24) is 25.1 Å². The molecule has 1 saturated heterocycles. The van der Waals surface area contributed by atoms with Crippen molar-refractivity contribution in [2.45, 2.75) is 31.8 Å². The molecule has 92 valence electrons. The van der Waals surface area contributed by atoms with Crippen LogP contribution in [0, 0.1) is 0 Å². The minimum Gasteiger partial charge on any atom is -0.368 e. The van der Waals surface area contributed by atoms with Gasteiger partial charge < -0.3 is 10.6 Å². The zero-order valence-corrected chi connectivity index (χ0v) is 9.48. The number of amides is 2. The lowest BCUT2D eigenvalue weighted by Gasteiger charge is -2.24. The lowest BCUT2D eigenvalue weighted by atomic mass is 10.2. The van der Waals surface area contributed by atoms with Crippen LogP contribution >= 0.6 is 0 Å². The fourth-order valence-electron chi connectivity index (χ4n) is 2.10. The van der Waals surface area contributed by atoms with Crippen molar-refractivity contribution in [3.05, 3.63) is 6.33 Å². The number of carbonyl (C=O) groups is 2. The number of nitrogens with two attached hydrogens (primary N) is 1. The minimum atomic E-state index is -0.538. The number of primary amides is 1. The summed E-state index contributed by atoms with van der Waals surface area (Å²) in [5.74, 6) is -0.561. The van der Waals surface area contributed by atoms with Gasteiger partial charge in [-0.25, -0.2) is 4.68 Å². The number of likely N-dealkylation sites (tertiary alicyclic amines) is 1. The third kappa shape index (κ3) is 2.10. The molecule has 2 atom stereocenters. The molecule has 1 aromatic rings. The van der Waals surface area contributed by atoms with Crippen LogP contribution in [0.2, 0.25) is 0 Å². The molecule has 0 spiro atoms. The Morgan fingerprint density at radius 3 is 3.00 bits per heavy atom. The van der Waals surface area contributed by atoms with Crippen LogP contribution in [0.4, 0.5) is 0 Å². The van der Waals surface area contributed by atoms with Crippen molar-refractivity contribution in [2.24, 2.45) is 5.73 Å². The maximum absolute atomic E-state index is 11.8. The van der Waals surface area contributed by atoms with E-state index >= 15 is 0 Å². The van der Waals surface area contributed by atoms with E-state index in [9.17, 15) is 9.59 Å². The molecule has 1 fully saturated rings. The molecule has 0 radical (unpaired) electrons. The summed E-state index contributed by atoms with van der Waals surface area (Å²) in [5, 5.41) is 10.8. The maximum atomic E-state index is 11.8. The van der Waals surface area contributed by atoms with Gasteiger partial charge in [0, 0.05) is 6.54 Å². The molecule has 1 aromatic heterocycles. The Bertz CT molecular complexity index is 417. The van der Waals surface area contributed by atoms with Gasteiger partial charge in [-0.2, -0.15) is 0 Å². The summed E-state index contributed by atoms with van der Waals surface area (Å²) in [5.41, 5.74) is 5.27. The number of nitrogens with zero attached hydrogens (tertiary/aromatic N) is 5. The summed E-state index contributed by atoms with van der Waals surface area (Å²) in [6.45, 7) is 2.25. The zero-order chi connectivity index (χ0) is 12.4. The van der Waals surface area contributed by atoms with E-state index < -0.39 is 11.9 Å². The normalized spacial score (nSPS) is 21.8. The SMILES string of the molecule is CCC(C(N)=O)N1CC(n2cnnn2)CC1=O. The maximum Gasteiger partial charge on any atom is 0.240 e. The van der Waals surface area contributed by atoms with Gasteiger partial charge in [-0.05, 0) is 16.8 Å². The van der Waals surface area contributed by atoms with Crippen LogP contribution in [0.25, 0.3) is 0 Å². The van der Waals surface area contributed by atoms with Gasteiger partial charge in [-0.3, -0.25) is 9.59 Å². The summed E-state index contributed by atoms with van der Waals surface area (Å²) >= 11 is 0. The van der Waals surface area contributed by atoms with Gasteiger partial charge in [0.25, 0.3) is 0 Å². The van der Waals surface area contributed by atoms with Crippen LogP contribution in [0.3, 0.4) is 0 Å². The van der Waals surface area contributed by atoms with Crippen molar-refractivity contribution in [2.75, 3.05) is 6.54 Å². The van der Waals surface area contributed by atoms with Crippen molar-refractivity contribution in [3.63, 3.8) is 0 Å². The zero-order valence-electron chi connectivity index (χ0n) is 9.48. The predicted molar refractivity (Wildman–Crippen MR) is 56.5 cm³/mol. The first kappa shape index (κ1) is 11.5. The third-order valence-electron chi connectivity index (χ3n) is 2.97. The molecule has 0 bridgehead atoms. The molecule has 8 heteroatoms. The first-order chi connectivity index (χ1) is 8.13. The number of rotatable bonds is 4. The molecule has 8 nitrogen and oxygen atoms in total. The standard InChI is InChI=1S/C9H14N6O2/c1-2-7(9(10)17)14-4-6(3-8(14)16)15-5-11-12-13-15/h5-7H,2-4H2,1H3,(H2,10,17). The van der Waals surface area contributed by atoms with Gasteiger partial charge in [0.2, 0.25) is 11.8 Å². The summed E-state index contributed by atoms with van der Waals surface area (Å²) in [4.78, 5) is 24.6. The predicted octanol–water partition coefficient (Wildman–Crippen LogP) is -1.29. The molecule has 17 heavy (non-hydrogen) atoms. The van der Waals surface area contributed by atoms with Crippen molar-refractivity contribution >= 4 is 11.8 Å². The molecular weight excluding hydrogens is 224 g/mol. The average molecular weight is 238 g/mol. The molecule has 2 N–H and O–H groups in total. The van der Waals surface area contributed by atoms with Crippen LogP contribution in [-0.2, 0) is 9.59 Å². The summed E-state index contributed by atoms with van der Waals surface area (Å²) in [6, 6.07) is -0.658. The number of aromatic nitrogens is 4. The molecule has 2 rings (SSSR count). The van der Waals surface area contributed by atoms with Crippen LogP contribution < -0.4 is 5.73 Å². The Morgan fingerprint density at radius 1 is 1.71 bits per heavy atom. The Morgan fingerprint density at radius 2 is 2.47 bits per heavy atom. The Balaban J connectivity index is 2.12. The Hall–Kier alpha value is -1.99. The second-order valence-corrected chi connectivity index (χ2v) is 4.02. The van der Waals surface area contributed by atoms with Gasteiger partial charge in [0.15, 0.2) is 0 Å². The van der Waals surface area contributed by atoms with E-state index in [-0.39, 0.29) is 11.9 Å². The lowest BCUT2D eigenvalue weighted by Crippen LogP contribution is -2.45. The molecule has 0 aromatic carbocycles. The van der Waals surface area contributed by atoms with E-state index in [0.29, 0.717) is 19.4 Å². The monoisotopic (exact) mass is 238 g/mol. The molecule has 1 aliphatic rings. The number of hydrogen-bond donors (Lipinski definition) is 1. The highest BCUT2D eigenvalue weighted by Crippen LogP contribution is 2.24. The third-order valence-corrected chi connectivity index (χ3v) is 2.97. The smallest absolute Gasteiger partial charge is 0.240 e. The molecule has 0 aliphatic carbocycles. The van der Waals surface area contributed by atoms with Crippen LogP contribution in [0.15, 0.2) is 6.33 Å². The first-order valence-corrected chi connectivity index (χ1v) is 5.44. The van der Waals surface area contributed by atoms with E-state index in [2.05, 4.69) is 15.5 Å². The van der Waals surface area contributed by atoms with Gasteiger partial charge in [-0.1, -0.05) is 6.92 Å². The highest BCUT2D eigenvalue weighted by Gasteiger charge is 2.37. The lowest BCUT2D eigenvalue weighted by molar-refractivity contribution is -0.136. The molecule has 2 unspecified atom stereocenters. The van der Waals surface area contributed by atoms with E-state index in [0.717, 1.165) is 0 Å². The van der Waals surface area contributed by atoms with Crippen LogP contribution in [0.5, 0.6) is 0 Å². The van der Waals surface area contributed by atoms with Crippen molar-refractivity contribution in [3.8, 4) is 0 Å². The summed E-state index contributed by atoms with van der Waals surface area (Å²) in [7, 11) is 0. The van der Waals surface area contributed by atoms with E-state index in [4.69, 9.17) is 5.73 Å². The Labute approximate surface area is 97.8 Å². The number of hydrogen-bond acceptors (Lipinski definition) is 5. The van der Waals surface area contributed by atoms with Crippen LogP contribution in [0.1, 0.15) is 25.8 Å². The highest BCUT2D eigenvalue weighted by molar-refractivity contribution is 5.87. The molecule has 0 saturated carbocycles. The Kier molecular flexibility index (Phi) is 3.03. The van der Waals surface area contributed by atoms with E-state index in [1.807, 2.05) is 6.92 Å². The average Bonchev–Trinajstić information content (AvgIpc) is 2.89. The fraction of sp³-hybridized carbons (Fsp3) is 0.667. The summed E-state index contributed by atoms with van der Waals surface area (Å²) in [6.07, 6.45) is 2.28. The van der Waals surface area contributed by atoms with Crippen molar-refractivity contribution < 1.29 is 9.59 Å². The second kappa shape index (κ2) is 4.48. The first-order valence-electron chi connectivity index (χ1n) is 5.44. The van der Waals surface area contributed by atoms with Gasteiger partial charge in [-0.15, -0.1) is 5.10 Å². The molecule has 2 heterocycles. The topological polar surface area (TPSA) is 107 Å². The quantitative estimate of drug-likeness (QED) is 0.702. The van der Waals surface area contributed by atoms with E-state index in [1.165, 1.54) is 15.9 Å². The highest BCUT2D eigenvalue weighted by atomic mass is 16.2. The molecule has 1 aliphatic heterocycles. The van der Waals surface area contributed by atoms with E-state index in [1.54, 1.807) is 0 Å². The number of carbonyl (C=O) groups excluding carboxylic acids is 2.